The molecule has 0 saturated carbocycles. The van der Waals surface area contributed by atoms with Gasteiger partial charge >= 0.3 is 0 Å². The Balaban J connectivity index is 2.47. The van der Waals surface area contributed by atoms with Crippen LogP contribution in [0.15, 0.2) is 22.7 Å². The molecular weight excluding hydrogens is 302 g/mol. The predicted molar refractivity (Wildman–Crippen MR) is 85.9 cm³/mol. The summed E-state index contributed by atoms with van der Waals surface area (Å²) in [6, 6.07) is 6.17. The zero-order valence-corrected chi connectivity index (χ0v) is 14.3. The molecule has 0 radical (unpaired) electrons. The van der Waals surface area contributed by atoms with Gasteiger partial charge in [-0.2, -0.15) is 0 Å². The summed E-state index contributed by atoms with van der Waals surface area (Å²) in [5.41, 5.74) is 1.52. The van der Waals surface area contributed by atoms with E-state index in [-0.39, 0.29) is 5.54 Å². The Bertz CT molecular complexity index is 398. The predicted octanol–water partition coefficient (Wildman–Crippen LogP) is 4.41. The van der Waals surface area contributed by atoms with Crippen molar-refractivity contribution in [3.63, 3.8) is 0 Å². The molecule has 2 nitrogen and oxygen atoms in total. The van der Waals surface area contributed by atoms with E-state index in [0.29, 0.717) is 5.92 Å². The van der Waals surface area contributed by atoms with Crippen LogP contribution in [0.3, 0.4) is 0 Å². The molecule has 3 heteroatoms. The van der Waals surface area contributed by atoms with Gasteiger partial charge in [-0.05, 0) is 69.8 Å². The summed E-state index contributed by atoms with van der Waals surface area (Å²) in [6.45, 7) is 9.98. The Morgan fingerprint density at radius 1 is 1.32 bits per heavy atom. The molecule has 1 N–H and O–H groups in total. The molecule has 0 aliphatic rings. The van der Waals surface area contributed by atoms with Crippen LogP contribution in [0.2, 0.25) is 0 Å². The molecular formula is C16H26BrNO. The van der Waals surface area contributed by atoms with E-state index >= 15 is 0 Å². The van der Waals surface area contributed by atoms with Crippen LogP contribution in [0, 0.1) is 5.92 Å². The fourth-order valence-electron chi connectivity index (χ4n) is 1.85. The van der Waals surface area contributed by atoms with Crippen molar-refractivity contribution in [1.29, 1.82) is 0 Å². The van der Waals surface area contributed by atoms with Crippen molar-refractivity contribution < 1.29 is 4.74 Å². The summed E-state index contributed by atoms with van der Waals surface area (Å²) >= 11 is 3.61. The molecule has 0 saturated heterocycles. The SMILES string of the molecule is COc1ccc(Br)c(CCC(C)CNC(C)(C)C)c1. The van der Waals surface area contributed by atoms with E-state index < -0.39 is 0 Å². The van der Waals surface area contributed by atoms with Crippen LogP contribution in [0.1, 0.15) is 39.7 Å². The lowest BCUT2D eigenvalue weighted by molar-refractivity contribution is 0.372. The number of rotatable bonds is 6. The lowest BCUT2D eigenvalue weighted by Crippen LogP contribution is -2.38. The maximum atomic E-state index is 5.28. The van der Waals surface area contributed by atoms with Gasteiger partial charge in [0.1, 0.15) is 5.75 Å². The Morgan fingerprint density at radius 2 is 2.00 bits per heavy atom. The van der Waals surface area contributed by atoms with E-state index in [4.69, 9.17) is 4.74 Å². The average molecular weight is 328 g/mol. The first-order valence-corrected chi connectivity index (χ1v) is 7.68. The third kappa shape index (κ3) is 6.44. The molecule has 1 aromatic rings. The minimum atomic E-state index is 0.199. The Kier molecular flexibility index (Phi) is 6.34. The van der Waals surface area contributed by atoms with Gasteiger partial charge in [-0.25, -0.2) is 0 Å². The number of aryl methyl sites for hydroxylation is 1. The number of methoxy groups -OCH3 is 1. The van der Waals surface area contributed by atoms with Gasteiger partial charge in [0.2, 0.25) is 0 Å². The topological polar surface area (TPSA) is 21.3 Å². The normalized spacial score (nSPS) is 13.4. The fourth-order valence-corrected chi connectivity index (χ4v) is 2.30. The van der Waals surface area contributed by atoms with E-state index in [1.807, 2.05) is 6.07 Å². The van der Waals surface area contributed by atoms with Crippen LogP contribution >= 0.6 is 15.9 Å². The van der Waals surface area contributed by atoms with Crippen molar-refractivity contribution in [3.05, 3.63) is 28.2 Å². The van der Waals surface area contributed by atoms with Gasteiger partial charge in [0.25, 0.3) is 0 Å². The van der Waals surface area contributed by atoms with Crippen LogP contribution in [0.4, 0.5) is 0 Å². The monoisotopic (exact) mass is 327 g/mol. The van der Waals surface area contributed by atoms with Crippen LogP contribution in [0.25, 0.3) is 0 Å². The van der Waals surface area contributed by atoms with E-state index in [2.05, 4.69) is 61.1 Å². The maximum Gasteiger partial charge on any atom is 0.119 e. The van der Waals surface area contributed by atoms with E-state index in [9.17, 15) is 0 Å². The lowest BCUT2D eigenvalue weighted by atomic mass is 9.99. The van der Waals surface area contributed by atoms with E-state index in [0.717, 1.165) is 18.7 Å². The quantitative estimate of drug-likeness (QED) is 0.835. The molecule has 0 bridgehead atoms. The fraction of sp³-hybridized carbons (Fsp3) is 0.625. The molecule has 19 heavy (non-hydrogen) atoms. The highest BCUT2D eigenvalue weighted by Crippen LogP contribution is 2.24. The average Bonchev–Trinajstić information content (AvgIpc) is 2.34. The second-order valence-electron chi connectivity index (χ2n) is 6.23. The summed E-state index contributed by atoms with van der Waals surface area (Å²) in [5.74, 6) is 1.59. The van der Waals surface area contributed by atoms with Gasteiger partial charge in [-0.3, -0.25) is 0 Å². The van der Waals surface area contributed by atoms with Crippen LogP contribution in [-0.2, 0) is 6.42 Å². The molecule has 1 atom stereocenters. The second kappa shape index (κ2) is 7.30. The van der Waals surface area contributed by atoms with Crippen LogP contribution in [0.5, 0.6) is 5.75 Å². The van der Waals surface area contributed by atoms with Crippen LogP contribution in [-0.4, -0.2) is 19.2 Å². The van der Waals surface area contributed by atoms with Crippen molar-refractivity contribution in [3.8, 4) is 5.75 Å². The molecule has 1 unspecified atom stereocenters. The van der Waals surface area contributed by atoms with E-state index in [1.165, 1.54) is 16.5 Å². The van der Waals surface area contributed by atoms with Crippen molar-refractivity contribution in [1.82, 2.24) is 5.32 Å². The molecule has 0 heterocycles. The Labute approximate surface area is 126 Å². The highest BCUT2D eigenvalue weighted by atomic mass is 79.9. The Morgan fingerprint density at radius 3 is 2.58 bits per heavy atom. The molecule has 1 rings (SSSR count). The summed E-state index contributed by atoms with van der Waals surface area (Å²) in [6.07, 6.45) is 2.25. The molecule has 1 aromatic carbocycles. The smallest absolute Gasteiger partial charge is 0.119 e. The second-order valence-corrected chi connectivity index (χ2v) is 7.09. The van der Waals surface area contributed by atoms with E-state index in [1.54, 1.807) is 7.11 Å². The number of nitrogens with one attached hydrogen (secondary N) is 1. The number of benzene rings is 1. The third-order valence-electron chi connectivity index (χ3n) is 3.14. The van der Waals surface area contributed by atoms with Gasteiger partial charge in [0.05, 0.1) is 7.11 Å². The molecule has 0 aliphatic heterocycles. The molecule has 0 aliphatic carbocycles. The highest BCUT2D eigenvalue weighted by molar-refractivity contribution is 9.10. The Hall–Kier alpha value is -0.540. The van der Waals surface area contributed by atoms with Gasteiger partial charge in [0.15, 0.2) is 0 Å². The number of ether oxygens (including phenoxy) is 1. The first kappa shape index (κ1) is 16.5. The number of hydrogen-bond acceptors (Lipinski definition) is 2. The lowest BCUT2D eigenvalue weighted by Gasteiger charge is -2.23. The molecule has 0 fully saturated rings. The van der Waals surface area contributed by atoms with Gasteiger partial charge in [-0.1, -0.05) is 22.9 Å². The first-order chi connectivity index (χ1) is 8.81. The molecule has 0 amide bonds. The van der Waals surface area contributed by atoms with Gasteiger partial charge in [0, 0.05) is 10.0 Å². The standard InChI is InChI=1S/C16H26BrNO/c1-12(11-18-16(2,3)4)6-7-13-10-14(19-5)8-9-15(13)17/h8-10,12,18H,6-7,11H2,1-5H3. The zero-order chi connectivity index (χ0) is 14.5. The summed E-state index contributed by atoms with van der Waals surface area (Å²) in [7, 11) is 1.71. The van der Waals surface area contributed by atoms with Crippen molar-refractivity contribution in [2.45, 2.75) is 46.1 Å². The van der Waals surface area contributed by atoms with Crippen molar-refractivity contribution in [2.75, 3.05) is 13.7 Å². The summed E-state index contributed by atoms with van der Waals surface area (Å²) in [4.78, 5) is 0. The van der Waals surface area contributed by atoms with Crippen molar-refractivity contribution >= 4 is 15.9 Å². The molecule has 108 valence electrons. The number of hydrogen-bond donors (Lipinski definition) is 1. The van der Waals surface area contributed by atoms with Crippen molar-refractivity contribution in [2.24, 2.45) is 5.92 Å². The molecule has 0 spiro atoms. The maximum absolute atomic E-state index is 5.28. The summed E-state index contributed by atoms with van der Waals surface area (Å²) in [5, 5.41) is 3.56. The van der Waals surface area contributed by atoms with Gasteiger partial charge in [-0.15, -0.1) is 0 Å². The largest absolute Gasteiger partial charge is 0.497 e. The third-order valence-corrected chi connectivity index (χ3v) is 3.91. The summed E-state index contributed by atoms with van der Waals surface area (Å²) < 4.78 is 6.45. The zero-order valence-electron chi connectivity index (χ0n) is 12.7. The first-order valence-electron chi connectivity index (χ1n) is 6.89. The van der Waals surface area contributed by atoms with Crippen LogP contribution < -0.4 is 10.1 Å². The van der Waals surface area contributed by atoms with Gasteiger partial charge < -0.3 is 10.1 Å². The number of halogens is 1. The highest BCUT2D eigenvalue weighted by Gasteiger charge is 2.11. The minimum Gasteiger partial charge on any atom is -0.497 e. The molecule has 0 aromatic heterocycles. The minimum absolute atomic E-state index is 0.199.